The molecule has 0 aliphatic carbocycles. The summed E-state index contributed by atoms with van der Waals surface area (Å²) in [5, 5.41) is 18.9. The molecule has 1 aromatic heterocycles. The maximum atomic E-state index is 10.2. The second kappa shape index (κ2) is 5.21. The van der Waals surface area contributed by atoms with E-state index in [9.17, 15) is 5.11 Å². The van der Waals surface area contributed by atoms with Crippen LogP contribution in [0.15, 0.2) is 0 Å². The van der Waals surface area contributed by atoms with E-state index >= 15 is 0 Å². The zero-order valence-corrected chi connectivity index (χ0v) is 11.9. The third-order valence-electron chi connectivity index (χ3n) is 4.50. The topological polar surface area (TPSA) is 54.2 Å². The van der Waals surface area contributed by atoms with Crippen molar-refractivity contribution < 1.29 is 5.11 Å². The van der Waals surface area contributed by atoms with E-state index in [0.717, 1.165) is 43.9 Å². The van der Waals surface area contributed by atoms with Gasteiger partial charge in [0.1, 0.15) is 17.9 Å². The van der Waals surface area contributed by atoms with Crippen molar-refractivity contribution in [1.82, 2.24) is 19.7 Å². The first kappa shape index (κ1) is 13.1. The number of hydrogen-bond acceptors (Lipinski definition) is 4. The van der Waals surface area contributed by atoms with Crippen molar-refractivity contribution in [1.29, 1.82) is 0 Å². The summed E-state index contributed by atoms with van der Waals surface area (Å²) in [6, 6.07) is 0.580. The van der Waals surface area contributed by atoms with Gasteiger partial charge in [0, 0.05) is 24.9 Å². The largest absolute Gasteiger partial charge is 0.373 e. The summed E-state index contributed by atoms with van der Waals surface area (Å²) < 4.78 is 2.00. The normalized spacial score (nSPS) is 28.6. The van der Waals surface area contributed by atoms with Crippen LogP contribution in [0.1, 0.15) is 63.3 Å². The first-order valence-electron chi connectivity index (χ1n) is 7.52. The van der Waals surface area contributed by atoms with E-state index in [1.54, 1.807) is 0 Å². The first-order chi connectivity index (χ1) is 9.16. The standard InChI is InChI=1S/C14H24N4O/c1-10(2)17-8-4-5-11(9-17)14-16-15-12-6-3-7-13(19)18(12)14/h10-11,13,19H,3-9H2,1-2H3. The molecule has 0 bridgehead atoms. The third-order valence-corrected chi connectivity index (χ3v) is 4.50. The van der Waals surface area contributed by atoms with Crippen molar-refractivity contribution in [3.8, 4) is 0 Å². The number of likely N-dealkylation sites (tertiary alicyclic amines) is 1. The number of aromatic nitrogens is 3. The summed E-state index contributed by atoms with van der Waals surface area (Å²) >= 11 is 0. The highest BCUT2D eigenvalue weighted by Gasteiger charge is 2.30. The Morgan fingerprint density at radius 2 is 2.05 bits per heavy atom. The van der Waals surface area contributed by atoms with Crippen LogP contribution >= 0.6 is 0 Å². The Balaban J connectivity index is 1.84. The number of aliphatic hydroxyl groups excluding tert-OH is 1. The van der Waals surface area contributed by atoms with E-state index in [0.29, 0.717) is 12.0 Å². The molecule has 3 rings (SSSR count). The summed E-state index contributed by atoms with van der Waals surface area (Å²) in [4.78, 5) is 2.50. The van der Waals surface area contributed by atoms with Gasteiger partial charge in [-0.05, 0) is 46.1 Å². The SMILES string of the molecule is CC(C)N1CCCC(c2nnc3n2C(O)CCC3)C1. The van der Waals surface area contributed by atoms with Crippen molar-refractivity contribution in [2.75, 3.05) is 13.1 Å². The lowest BCUT2D eigenvalue weighted by molar-refractivity contribution is 0.0702. The molecule has 2 aliphatic heterocycles. The van der Waals surface area contributed by atoms with Gasteiger partial charge < -0.3 is 10.0 Å². The fourth-order valence-corrected chi connectivity index (χ4v) is 3.37. The molecule has 0 aromatic carbocycles. The van der Waals surface area contributed by atoms with Crippen molar-refractivity contribution in [3.63, 3.8) is 0 Å². The van der Waals surface area contributed by atoms with Crippen LogP contribution in [0.3, 0.4) is 0 Å². The number of fused-ring (bicyclic) bond motifs is 1. The number of rotatable bonds is 2. The van der Waals surface area contributed by atoms with E-state index in [2.05, 4.69) is 28.9 Å². The van der Waals surface area contributed by atoms with Crippen LogP contribution in [-0.2, 0) is 6.42 Å². The van der Waals surface area contributed by atoms with Gasteiger partial charge in [-0.25, -0.2) is 0 Å². The molecule has 5 heteroatoms. The van der Waals surface area contributed by atoms with Gasteiger partial charge in [0.2, 0.25) is 0 Å². The van der Waals surface area contributed by atoms with E-state index in [1.165, 1.54) is 13.0 Å². The van der Waals surface area contributed by atoms with Crippen LogP contribution in [0.2, 0.25) is 0 Å². The predicted molar refractivity (Wildman–Crippen MR) is 72.9 cm³/mol. The fourth-order valence-electron chi connectivity index (χ4n) is 3.37. The second-order valence-corrected chi connectivity index (χ2v) is 6.15. The average molecular weight is 264 g/mol. The second-order valence-electron chi connectivity index (χ2n) is 6.15. The van der Waals surface area contributed by atoms with Gasteiger partial charge in [0.15, 0.2) is 0 Å². The van der Waals surface area contributed by atoms with Crippen molar-refractivity contribution in [2.45, 2.75) is 64.1 Å². The lowest BCUT2D eigenvalue weighted by atomic mass is 9.95. The zero-order valence-electron chi connectivity index (χ0n) is 11.9. The molecule has 1 N–H and O–H groups in total. The number of aliphatic hydroxyl groups is 1. The van der Waals surface area contributed by atoms with Gasteiger partial charge in [-0.3, -0.25) is 4.57 Å². The van der Waals surface area contributed by atoms with Crippen LogP contribution < -0.4 is 0 Å². The zero-order chi connectivity index (χ0) is 13.4. The van der Waals surface area contributed by atoms with E-state index < -0.39 is 6.23 Å². The predicted octanol–water partition coefficient (Wildman–Crippen LogP) is 1.69. The molecule has 19 heavy (non-hydrogen) atoms. The molecule has 2 unspecified atom stereocenters. The molecule has 0 radical (unpaired) electrons. The van der Waals surface area contributed by atoms with Crippen molar-refractivity contribution in [3.05, 3.63) is 11.6 Å². The number of nitrogens with zero attached hydrogens (tertiary/aromatic N) is 4. The van der Waals surface area contributed by atoms with Crippen LogP contribution in [0.25, 0.3) is 0 Å². The Kier molecular flexibility index (Phi) is 3.58. The van der Waals surface area contributed by atoms with Gasteiger partial charge in [-0.1, -0.05) is 0 Å². The number of piperidine rings is 1. The number of hydrogen-bond donors (Lipinski definition) is 1. The average Bonchev–Trinajstić information content (AvgIpc) is 2.84. The molecule has 1 aromatic rings. The Hall–Kier alpha value is -0.940. The smallest absolute Gasteiger partial charge is 0.139 e. The summed E-state index contributed by atoms with van der Waals surface area (Å²) in [6.45, 7) is 6.72. The van der Waals surface area contributed by atoms with Crippen LogP contribution in [-0.4, -0.2) is 43.9 Å². The Morgan fingerprint density at radius 1 is 1.21 bits per heavy atom. The first-order valence-corrected chi connectivity index (χ1v) is 7.52. The lowest BCUT2D eigenvalue weighted by Crippen LogP contribution is -2.40. The number of aryl methyl sites for hydroxylation is 1. The van der Waals surface area contributed by atoms with Gasteiger partial charge in [0.25, 0.3) is 0 Å². The highest BCUT2D eigenvalue weighted by atomic mass is 16.3. The molecule has 0 saturated carbocycles. The minimum absolute atomic E-state index is 0.414. The van der Waals surface area contributed by atoms with Gasteiger partial charge in [-0.15, -0.1) is 10.2 Å². The molecule has 0 spiro atoms. The van der Waals surface area contributed by atoms with Crippen molar-refractivity contribution >= 4 is 0 Å². The maximum Gasteiger partial charge on any atom is 0.139 e. The van der Waals surface area contributed by atoms with Gasteiger partial charge >= 0.3 is 0 Å². The molecular formula is C14H24N4O. The highest BCUT2D eigenvalue weighted by molar-refractivity contribution is 5.07. The van der Waals surface area contributed by atoms with E-state index in [-0.39, 0.29) is 0 Å². The van der Waals surface area contributed by atoms with Crippen molar-refractivity contribution in [2.24, 2.45) is 0 Å². The molecule has 2 aliphatic rings. The molecule has 5 nitrogen and oxygen atoms in total. The Labute approximate surface area is 114 Å². The monoisotopic (exact) mass is 264 g/mol. The maximum absolute atomic E-state index is 10.2. The summed E-state index contributed by atoms with van der Waals surface area (Å²) in [5.41, 5.74) is 0. The Morgan fingerprint density at radius 3 is 2.84 bits per heavy atom. The molecule has 3 heterocycles. The van der Waals surface area contributed by atoms with Gasteiger partial charge in [0.05, 0.1) is 0 Å². The van der Waals surface area contributed by atoms with E-state index in [4.69, 9.17) is 0 Å². The molecule has 106 valence electrons. The van der Waals surface area contributed by atoms with Crippen LogP contribution in [0, 0.1) is 0 Å². The van der Waals surface area contributed by atoms with Gasteiger partial charge in [-0.2, -0.15) is 0 Å². The summed E-state index contributed by atoms with van der Waals surface area (Å²) in [5.74, 6) is 2.40. The van der Waals surface area contributed by atoms with Crippen LogP contribution in [0.5, 0.6) is 0 Å². The molecule has 2 atom stereocenters. The minimum atomic E-state index is -0.414. The Bertz CT molecular complexity index is 443. The lowest BCUT2D eigenvalue weighted by Gasteiger charge is -2.35. The molecule has 1 fully saturated rings. The quantitative estimate of drug-likeness (QED) is 0.883. The fraction of sp³-hybridized carbons (Fsp3) is 0.857. The van der Waals surface area contributed by atoms with Crippen LogP contribution in [0.4, 0.5) is 0 Å². The highest BCUT2D eigenvalue weighted by Crippen LogP contribution is 2.31. The summed E-state index contributed by atoms with van der Waals surface area (Å²) in [6.07, 6.45) is 4.75. The molecular weight excluding hydrogens is 240 g/mol. The molecule has 0 amide bonds. The van der Waals surface area contributed by atoms with E-state index in [1.807, 2.05) is 4.57 Å². The molecule has 1 saturated heterocycles. The summed E-state index contributed by atoms with van der Waals surface area (Å²) in [7, 11) is 0. The minimum Gasteiger partial charge on any atom is -0.373 e. The third kappa shape index (κ3) is 2.41.